The van der Waals surface area contributed by atoms with Gasteiger partial charge in [0.1, 0.15) is 79.8 Å². The van der Waals surface area contributed by atoms with Crippen LogP contribution in [0.5, 0.6) is 28.7 Å². The standard InChI is InChI=1S/C10H18N2O6P2.C10H17NO7P2.C9H14NO5P.C9H14NO4P.C9H13O5P/c13-19(14,15)8-12(9-20(16,17)18)7-6-11-10-4-2-1-3-5-10;12-19(13,14)8-11(9-20(15,16)17)6-7-18-10-4-2-1-3-5-10;11-8-1-3-9(4-2-8)15-6-5-10-7-16(12,13)14;11-15(12,13)8-10-6-7-14-9-4-2-1-3-5-9;1-8(7-13-15(10,11)12)14-9-5-3-2-4-6-9/h1-5,11H,6-9H2,(H2,13,14,15)(H2,16,17,18);1-5H,6-9H2,(H2,12,13,14)(H2,15,16,17);1-4,10-11H,5-7H2,(H2,12,13,14);1-5,10H,6-8H2,(H2,11,12,13);2-6,8H,7H2,1H3,(H2,10,11,12). The smallest absolute Gasteiger partial charge is 0.469 e. The van der Waals surface area contributed by atoms with Crippen molar-refractivity contribution in [1.29, 1.82) is 0 Å². The van der Waals surface area contributed by atoms with E-state index in [4.69, 9.17) is 92.6 Å². The average molecular weight is 1360 g/mol. The van der Waals surface area contributed by atoms with Gasteiger partial charge in [0.05, 0.1) is 19.2 Å². The summed E-state index contributed by atoms with van der Waals surface area (Å²) in [6.07, 6.45) is -3.91. The topological polar surface area (TPSA) is 512 Å². The number of phosphoric ester groups is 1. The Hall–Kier alpha value is -4.25. The van der Waals surface area contributed by atoms with E-state index in [9.17, 15) is 32.0 Å². The molecule has 18 N–H and O–H groups in total. The summed E-state index contributed by atoms with van der Waals surface area (Å²) in [5.41, 5.74) is 0.819. The van der Waals surface area contributed by atoms with Gasteiger partial charge in [0.2, 0.25) is 0 Å². The zero-order chi connectivity index (χ0) is 64.9. The van der Waals surface area contributed by atoms with Gasteiger partial charge >= 0.3 is 53.4 Å². The second kappa shape index (κ2) is 41.1. The molecule has 32 nitrogen and oxygen atoms in total. The second-order valence-corrected chi connectivity index (χ2v) is 28.6. The monoisotopic (exact) mass is 1360 g/mol. The highest BCUT2D eigenvalue weighted by molar-refractivity contribution is 7.53. The highest BCUT2D eigenvalue weighted by Gasteiger charge is 2.27. The lowest BCUT2D eigenvalue weighted by atomic mass is 10.3. The van der Waals surface area contributed by atoms with E-state index in [-0.39, 0.29) is 44.6 Å². The van der Waals surface area contributed by atoms with Gasteiger partial charge in [-0.05, 0) is 79.7 Å². The Morgan fingerprint density at radius 3 is 1.10 bits per heavy atom. The maximum atomic E-state index is 10.9. The summed E-state index contributed by atoms with van der Waals surface area (Å²) in [7, 11) is -29.8. The van der Waals surface area contributed by atoms with E-state index in [0.717, 1.165) is 21.2 Å². The van der Waals surface area contributed by atoms with Crippen LogP contribution in [0.2, 0.25) is 0 Å². The van der Waals surface area contributed by atoms with Crippen molar-refractivity contribution in [2.75, 3.05) is 102 Å². The van der Waals surface area contributed by atoms with Gasteiger partial charge in [-0.25, -0.2) is 4.57 Å². The molecule has 5 aromatic rings. The van der Waals surface area contributed by atoms with E-state index in [1.54, 1.807) is 61.5 Å². The third kappa shape index (κ3) is 51.8. The molecule has 86 heavy (non-hydrogen) atoms. The number of nitrogens with zero attached hydrogens (tertiary/aromatic N) is 2. The quantitative estimate of drug-likeness (QED) is 0.0207. The molecule has 0 fully saturated rings. The van der Waals surface area contributed by atoms with Gasteiger partial charge in [0, 0.05) is 38.4 Å². The van der Waals surface area contributed by atoms with Gasteiger partial charge in [-0.1, -0.05) is 72.8 Å². The molecular weight excluding hydrogens is 1280 g/mol. The maximum absolute atomic E-state index is 10.9. The number of benzene rings is 5. The first-order valence-electron chi connectivity index (χ1n) is 25.0. The minimum Gasteiger partial charge on any atom is -0.508 e. The molecule has 0 spiro atoms. The fraction of sp³-hybridized carbons (Fsp3) is 0.362. The van der Waals surface area contributed by atoms with Crippen LogP contribution in [-0.4, -0.2) is 186 Å². The van der Waals surface area contributed by atoms with E-state index in [1.807, 2.05) is 78.9 Å². The van der Waals surface area contributed by atoms with Gasteiger partial charge < -0.3 is 109 Å². The number of phenols is 1. The van der Waals surface area contributed by atoms with E-state index in [0.29, 0.717) is 50.1 Å². The van der Waals surface area contributed by atoms with E-state index < -0.39 is 84.6 Å². The summed E-state index contributed by atoms with van der Waals surface area (Å²) in [5, 5.41) is 17.2. The van der Waals surface area contributed by atoms with Crippen LogP contribution in [0.3, 0.4) is 0 Å². The molecule has 0 aliphatic heterocycles. The Labute approximate surface area is 496 Å². The van der Waals surface area contributed by atoms with Crippen molar-refractivity contribution in [3.63, 3.8) is 0 Å². The molecule has 0 bridgehead atoms. The third-order valence-corrected chi connectivity index (χ3v) is 14.2. The zero-order valence-electron chi connectivity index (χ0n) is 46.2. The number of rotatable bonds is 33. The molecule has 5 rings (SSSR count). The Morgan fingerprint density at radius 2 is 0.744 bits per heavy atom. The number of hydrogen-bond acceptors (Lipinski definition) is 18. The molecule has 5 aromatic carbocycles. The van der Waals surface area contributed by atoms with Crippen molar-refractivity contribution in [3.05, 3.63) is 146 Å². The van der Waals surface area contributed by atoms with Crippen molar-refractivity contribution in [2.24, 2.45) is 0 Å². The highest BCUT2D eigenvalue weighted by Crippen LogP contribution is 2.42. The summed E-state index contributed by atoms with van der Waals surface area (Å²) in [6.45, 7) is 3.40. The summed E-state index contributed by atoms with van der Waals surface area (Å²) >= 11 is 0. The normalized spacial score (nSPS) is 12.3. The number of ether oxygens (including phenoxy) is 4. The molecular formula is C47H76N5O27P7. The molecule has 0 radical (unpaired) electrons. The molecule has 0 saturated heterocycles. The maximum Gasteiger partial charge on any atom is 0.469 e. The van der Waals surface area contributed by atoms with Crippen LogP contribution < -0.4 is 34.9 Å². The zero-order valence-corrected chi connectivity index (χ0v) is 52.4. The van der Waals surface area contributed by atoms with E-state index in [1.165, 1.54) is 12.1 Å². The van der Waals surface area contributed by atoms with Crippen molar-refractivity contribution < 1.29 is 129 Å². The molecule has 39 heteroatoms. The summed E-state index contributed by atoms with van der Waals surface area (Å²) in [5.74, 6) is 2.71. The molecule has 0 amide bonds. The Bertz CT molecular complexity index is 2790. The molecule has 0 aromatic heterocycles. The Morgan fingerprint density at radius 1 is 0.407 bits per heavy atom. The van der Waals surface area contributed by atoms with Gasteiger partial charge in [-0.15, -0.1) is 0 Å². The summed E-state index contributed by atoms with van der Waals surface area (Å²) in [4.78, 5) is 124. The third-order valence-electron chi connectivity index (χ3n) is 9.36. The Kier molecular flexibility index (Phi) is 38.1. The fourth-order valence-electron chi connectivity index (χ4n) is 6.10. The second-order valence-electron chi connectivity index (χ2n) is 17.6. The average Bonchev–Trinajstić information content (AvgIpc) is 3.46. The minimum atomic E-state index is -4.40. The van der Waals surface area contributed by atoms with Crippen molar-refractivity contribution in [3.8, 4) is 28.7 Å². The molecule has 1 unspecified atom stereocenters. The number of anilines is 1. The summed E-state index contributed by atoms with van der Waals surface area (Å²) in [6, 6.07) is 42.3. The molecule has 0 heterocycles. The van der Waals surface area contributed by atoms with Gasteiger partial charge in [0.25, 0.3) is 0 Å². The fourth-order valence-corrected chi connectivity index (χ4v) is 10.8. The number of aromatic hydroxyl groups is 1. The number of para-hydroxylation sites is 4. The lowest BCUT2D eigenvalue weighted by molar-refractivity contribution is 0.112. The number of phosphoric acid groups is 1. The summed E-state index contributed by atoms with van der Waals surface area (Å²) < 4.78 is 101. The predicted molar refractivity (Wildman–Crippen MR) is 318 cm³/mol. The first-order valence-corrected chi connectivity index (χ1v) is 37.3. The van der Waals surface area contributed by atoms with Crippen LogP contribution >= 0.6 is 53.4 Å². The van der Waals surface area contributed by atoms with Crippen LogP contribution in [0, 0.1) is 0 Å². The predicted octanol–water partition coefficient (Wildman–Crippen LogP) is 4.16. The molecule has 0 aliphatic rings. The van der Waals surface area contributed by atoms with Crippen molar-refractivity contribution in [1.82, 2.24) is 20.4 Å². The molecule has 0 saturated carbocycles. The molecule has 0 aliphatic carbocycles. The van der Waals surface area contributed by atoms with Crippen LogP contribution in [0.15, 0.2) is 146 Å². The highest BCUT2D eigenvalue weighted by atomic mass is 31.2. The van der Waals surface area contributed by atoms with Gasteiger partial charge in [-0.2, -0.15) is 0 Å². The molecule has 486 valence electrons. The van der Waals surface area contributed by atoms with Crippen molar-refractivity contribution >= 4 is 59.1 Å². The van der Waals surface area contributed by atoms with Crippen molar-refractivity contribution in [2.45, 2.75) is 13.0 Å². The van der Waals surface area contributed by atoms with Gasteiger partial charge in [0.15, 0.2) is 0 Å². The van der Waals surface area contributed by atoms with E-state index in [2.05, 4.69) is 20.5 Å². The lowest BCUT2D eigenvalue weighted by Crippen LogP contribution is -2.31. The number of nitrogens with one attached hydrogen (secondary N) is 3. The SMILES string of the molecule is CC(COP(=O)(O)O)Oc1ccccc1.O=P(O)(O)CN(CCNc1ccccc1)CP(=O)(O)O.O=P(O)(O)CN(CCOc1ccccc1)CP(=O)(O)O.O=P(O)(O)CNCCOc1ccc(O)cc1.O=P(O)(O)CNCCOc1ccccc1. The molecule has 1 atom stereocenters. The largest absolute Gasteiger partial charge is 0.508 e. The minimum absolute atomic E-state index is 0.00882. The van der Waals surface area contributed by atoms with Crippen LogP contribution in [-0.2, 0) is 36.5 Å². The Balaban J connectivity index is 0.000000541. The van der Waals surface area contributed by atoms with Crippen LogP contribution in [0.25, 0.3) is 0 Å². The lowest BCUT2D eigenvalue weighted by Gasteiger charge is -2.23. The first kappa shape index (κ1) is 79.8. The van der Waals surface area contributed by atoms with Gasteiger partial charge in [-0.3, -0.25) is 41.7 Å². The van der Waals surface area contributed by atoms with Crippen LogP contribution in [0.4, 0.5) is 5.69 Å². The van der Waals surface area contributed by atoms with E-state index >= 15 is 0 Å². The van der Waals surface area contributed by atoms with Crippen LogP contribution in [0.1, 0.15) is 6.92 Å². The number of hydrogen-bond donors (Lipinski definition) is 18. The first-order chi connectivity index (χ1) is 39.8. The number of phenolic OH excluding ortho intramolecular Hbond substituents is 1.